The summed E-state index contributed by atoms with van der Waals surface area (Å²) >= 11 is 1.38. The maximum atomic E-state index is 10.6. The third-order valence-corrected chi connectivity index (χ3v) is 2.49. The van der Waals surface area contributed by atoms with E-state index in [0.717, 1.165) is 18.6 Å². The Morgan fingerprint density at radius 3 is 3.15 bits per heavy atom. The highest BCUT2D eigenvalue weighted by atomic mass is 32.2. The standard InChI is InChI=1S/C10H12NOS/c1-9(12)13-7-3-5-10-4-2-6-11-8-10/h2,4,8H,3,5,7H2,1H3. The molecule has 1 aromatic rings. The van der Waals surface area contributed by atoms with Gasteiger partial charge in [-0.25, -0.2) is 0 Å². The SMILES string of the molecule is CC(=O)SCCCc1cc[c]nc1. The lowest BCUT2D eigenvalue weighted by atomic mass is 10.2. The Kier molecular flexibility index (Phi) is 4.54. The van der Waals surface area contributed by atoms with Crippen molar-refractivity contribution in [3.8, 4) is 0 Å². The second-order valence-electron chi connectivity index (χ2n) is 2.74. The quantitative estimate of drug-likeness (QED) is 0.687. The van der Waals surface area contributed by atoms with Crippen molar-refractivity contribution in [2.75, 3.05) is 5.75 Å². The van der Waals surface area contributed by atoms with Crippen LogP contribution in [0.1, 0.15) is 18.9 Å². The van der Waals surface area contributed by atoms with E-state index in [1.54, 1.807) is 6.92 Å². The molecular weight excluding hydrogens is 182 g/mol. The summed E-state index contributed by atoms with van der Waals surface area (Å²) in [5.41, 5.74) is 1.21. The van der Waals surface area contributed by atoms with E-state index in [4.69, 9.17) is 0 Å². The summed E-state index contributed by atoms with van der Waals surface area (Å²) < 4.78 is 0. The first-order valence-corrected chi connectivity index (χ1v) is 5.22. The highest BCUT2D eigenvalue weighted by molar-refractivity contribution is 8.13. The number of carbonyl (C=O) groups excluding carboxylic acids is 1. The summed E-state index contributed by atoms with van der Waals surface area (Å²) in [6.07, 6.45) is 6.56. The topological polar surface area (TPSA) is 30.0 Å². The molecule has 1 radical (unpaired) electrons. The van der Waals surface area contributed by atoms with E-state index in [9.17, 15) is 4.79 Å². The highest BCUT2D eigenvalue weighted by Crippen LogP contribution is 2.07. The van der Waals surface area contributed by atoms with Gasteiger partial charge in [0.25, 0.3) is 0 Å². The van der Waals surface area contributed by atoms with Gasteiger partial charge in [0.05, 0.1) is 6.20 Å². The summed E-state index contributed by atoms with van der Waals surface area (Å²) in [6, 6.07) is 3.82. The molecule has 1 heterocycles. The fourth-order valence-electron chi connectivity index (χ4n) is 0.991. The lowest BCUT2D eigenvalue weighted by Gasteiger charge is -1.98. The average molecular weight is 194 g/mol. The van der Waals surface area contributed by atoms with E-state index >= 15 is 0 Å². The van der Waals surface area contributed by atoms with Crippen LogP contribution in [0.2, 0.25) is 0 Å². The molecular formula is C10H12NOS. The zero-order valence-corrected chi connectivity index (χ0v) is 8.43. The predicted molar refractivity (Wildman–Crippen MR) is 54.5 cm³/mol. The molecule has 0 aliphatic heterocycles. The third-order valence-electron chi connectivity index (χ3n) is 1.59. The van der Waals surface area contributed by atoms with Gasteiger partial charge in [0.1, 0.15) is 0 Å². The van der Waals surface area contributed by atoms with E-state index in [0.29, 0.717) is 0 Å². The van der Waals surface area contributed by atoms with E-state index in [1.165, 1.54) is 17.3 Å². The number of rotatable bonds is 4. The molecule has 0 aromatic carbocycles. The Morgan fingerprint density at radius 1 is 1.69 bits per heavy atom. The summed E-state index contributed by atoms with van der Waals surface area (Å²) in [5, 5.41) is 0.194. The van der Waals surface area contributed by atoms with Crippen molar-refractivity contribution in [2.24, 2.45) is 0 Å². The first-order valence-electron chi connectivity index (χ1n) is 4.23. The number of aromatic nitrogens is 1. The molecule has 69 valence electrons. The highest BCUT2D eigenvalue weighted by Gasteiger charge is 1.95. The van der Waals surface area contributed by atoms with E-state index in [1.807, 2.05) is 18.3 Å². The minimum absolute atomic E-state index is 0.194. The molecule has 1 aromatic heterocycles. The van der Waals surface area contributed by atoms with Crippen molar-refractivity contribution in [1.29, 1.82) is 0 Å². The van der Waals surface area contributed by atoms with Crippen molar-refractivity contribution < 1.29 is 4.79 Å². The number of aryl methyl sites for hydroxylation is 1. The molecule has 0 saturated heterocycles. The van der Waals surface area contributed by atoms with Gasteiger partial charge in [0.15, 0.2) is 5.12 Å². The van der Waals surface area contributed by atoms with Crippen LogP contribution in [-0.2, 0) is 11.2 Å². The number of hydrogen-bond acceptors (Lipinski definition) is 3. The van der Waals surface area contributed by atoms with Crippen LogP contribution in [0.5, 0.6) is 0 Å². The Bertz CT molecular complexity index is 261. The molecule has 3 heteroatoms. The first-order chi connectivity index (χ1) is 6.29. The largest absolute Gasteiger partial charge is 0.288 e. The van der Waals surface area contributed by atoms with Gasteiger partial charge in [-0.2, -0.15) is 0 Å². The predicted octanol–water partition coefficient (Wildman–Crippen LogP) is 2.09. The van der Waals surface area contributed by atoms with Crippen LogP contribution in [0.3, 0.4) is 0 Å². The summed E-state index contributed by atoms with van der Waals surface area (Å²) in [4.78, 5) is 14.5. The lowest BCUT2D eigenvalue weighted by Crippen LogP contribution is -1.90. The van der Waals surface area contributed by atoms with E-state index < -0.39 is 0 Å². The molecule has 2 nitrogen and oxygen atoms in total. The molecule has 13 heavy (non-hydrogen) atoms. The number of nitrogens with zero attached hydrogens (tertiary/aromatic N) is 1. The van der Waals surface area contributed by atoms with Gasteiger partial charge in [-0.05, 0) is 24.5 Å². The molecule has 0 aliphatic rings. The minimum Gasteiger partial charge on any atom is -0.288 e. The fraction of sp³-hybridized carbons (Fsp3) is 0.400. The van der Waals surface area contributed by atoms with Crippen LogP contribution in [0.25, 0.3) is 0 Å². The molecule has 1 rings (SSSR count). The molecule has 0 spiro atoms. The molecule has 0 N–H and O–H groups in total. The lowest BCUT2D eigenvalue weighted by molar-refractivity contribution is -0.109. The van der Waals surface area contributed by atoms with Crippen molar-refractivity contribution in [3.63, 3.8) is 0 Å². The second-order valence-corrected chi connectivity index (χ2v) is 4.01. The molecule has 0 bridgehead atoms. The van der Waals surface area contributed by atoms with E-state index in [2.05, 4.69) is 11.2 Å². The van der Waals surface area contributed by atoms with Gasteiger partial charge in [-0.3, -0.25) is 9.78 Å². The third kappa shape index (κ3) is 4.68. The van der Waals surface area contributed by atoms with Crippen LogP contribution in [0.4, 0.5) is 0 Å². The smallest absolute Gasteiger partial charge is 0.185 e. The summed E-state index contributed by atoms with van der Waals surface area (Å²) in [7, 11) is 0. The van der Waals surface area contributed by atoms with Crippen LogP contribution < -0.4 is 0 Å². The minimum atomic E-state index is 0.194. The molecule has 0 atom stereocenters. The number of pyridine rings is 1. The molecule has 0 fully saturated rings. The molecule has 0 unspecified atom stereocenters. The van der Waals surface area contributed by atoms with E-state index in [-0.39, 0.29) is 5.12 Å². The summed E-state index contributed by atoms with van der Waals surface area (Å²) in [6.45, 7) is 1.60. The summed E-state index contributed by atoms with van der Waals surface area (Å²) in [5.74, 6) is 0.897. The van der Waals surface area contributed by atoms with Gasteiger partial charge in [-0.1, -0.05) is 17.8 Å². The normalized spacial score (nSPS) is 9.92. The van der Waals surface area contributed by atoms with Gasteiger partial charge >= 0.3 is 0 Å². The van der Waals surface area contributed by atoms with Gasteiger partial charge < -0.3 is 0 Å². The van der Waals surface area contributed by atoms with Gasteiger partial charge in [-0.15, -0.1) is 0 Å². The van der Waals surface area contributed by atoms with Crippen LogP contribution in [0.15, 0.2) is 18.3 Å². The van der Waals surface area contributed by atoms with Crippen molar-refractivity contribution in [3.05, 3.63) is 30.1 Å². The Labute approximate surface area is 82.8 Å². The zero-order chi connectivity index (χ0) is 9.52. The number of hydrogen-bond donors (Lipinski definition) is 0. The van der Waals surface area contributed by atoms with Gasteiger partial charge in [0, 0.05) is 18.9 Å². The zero-order valence-electron chi connectivity index (χ0n) is 7.62. The monoisotopic (exact) mass is 194 g/mol. The fourth-order valence-corrected chi connectivity index (χ4v) is 1.57. The Morgan fingerprint density at radius 2 is 2.54 bits per heavy atom. The van der Waals surface area contributed by atoms with Crippen molar-refractivity contribution >= 4 is 16.9 Å². The molecule has 0 saturated carbocycles. The first kappa shape index (κ1) is 10.3. The van der Waals surface area contributed by atoms with Gasteiger partial charge in [0.2, 0.25) is 0 Å². The van der Waals surface area contributed by atoms with Crippen LogP contribution in [0, 0.1) is 6.20 Å². The maximum Gasteiger partial charge on any atom is 0.185 e. The Hall–Kier alpha value is -0.830. The molecule has 0 amide bonds. The molecule has 0 aliphatic carbocycles. The Balaban J connectivity index is 2.17. The number of carbonyl (C=O) groups is 1. The van der Waals surface area contributed by atoms with Crippen LogP contribution in [-0.4, -0.2) is 15.9 Å². The second kappa shape index (κ2) is 5.75. The maximum absolute atomic E-state index is 10.6. The van der Waals surface area contributed by atoms with Crippen molar-refractivity contribution in [2.45, 2.75) is 19.8 Å². The van der Waals surface area contributed by atoms with Crippen LogP contribution >= 0.6 is 11.8 Å². The van der Waals surface area contributed by atoms with Crippen molar-refractivity contribution in [1.82, 2.24) is 4.98 Å². The average Bonchev–Trinajstić information content (AvgIpc) is 2.14. The number of thioether (sulfide) groups is 1.